The summed E-state index contributed by atoms with van der Waals surface area (Å²) in [7, 11) is -3.66. The molecule has 1 rings (SSSR count). The molecule has 8 heteroatoms. The molecule has 24 heavy (non-hydrogen) atoms. The maximum Gasteiger partial charge on any atom is 0.251 e. The van der Waals surface area contributed by atoms with Gasteiger partial charge in [0.25, 0.3) is 5.56 Å². The van der Waals surface area contributed by atoms with Crippen molar-refractivity contribution in [3.63, 3.8) is 0 Å². The Bertz CT molecular complexity index is 706. The highest BCUT2D eigenvalue weighted by Crippen LogP contribution is 2.13. The Labute approximate surface area is 143 Å². The zero-order valence-electron chi connectivity index (χ0n) is 14.8. The van der Waals surface area contributed by atoms with E-state index in [4.69, 9.17) is 0 Å². The molecular weight excluding hydrogens is 330 g/mol. The van der Waals surface area contributed by atoms with E-state index in [0.29, 0.717) is 25.6 Å². The van der Waals surface area contributed by atoms with Crippen molar-refractivity contribution in [1.82, 2.24) is 14.2 Å². The van der Waals surface area contributed by atoms with Gasteiger partial charge in [0.1, 0.15) is 6.54 Å². The number of nitrogens with one attached hydrogen (secondary N) is 1. The van der Waals surface area contributed by atoms with Crippen LogP contribution >= 0.6 is 0 Å². The van der Waals surface area contributed by atoms with Gasteiger partial charge in [-0.1, -0.05) is 27.7 Å². The summed E-state index contributed by atoms with van der Waals surface area (Å²) in [5.74, 6) is 0.158. The molecule has 1 aromatic heterocycles. The quantitative estimate of drug-likeness (QED) is 0.715. The van der Waals surface area contributed by atoms with E-state index in [9.17, 15) is 18.0 Å². The number of carbonyl (C=O) groups excluding carboxylic acids is 1. The first-order valence-electron chi connectivity index (χ1n) is 8.19. The summed E-state index contributed by atoms with van der Waals surface area (Å²) in [5, 5.41) is 2.73. The van der Waals surface area contributed by atoms with E-state index >= 15 is 0 Å². The minimum Gasteiger partial charge on any atom is -0.355 e. The summed E-state index contributed by atoms with van der Waals surface area (Å²) in [6, 6.07) is 2.46. The smallest absolute Gasteiger partial charge is 0.251 e. The zero-order chi connectivity index (χ0) is 18.3. The van der Waals surface area contributed by atoms with E-state index in [2.05, 4.69) is 19.2 Å². The first-order valence-corrected chi connectivity index (χ1v) is 9.63. The normalized spacial score (nSPS) is 11.9. The molecule has 0 bridgehead atoms. The fraction of sp³-hybridized carbons (Fsp3) is 0.625. The number of aromatic nitrogens is 1. The predicted octanol–water partition coefficient (Wildman–Crippen LogP) is 1.04. The van der Waals surface area contributed by atoms with Gasteiger partial charge in [0.15, 0.2) is 0 Å². The van der Waals surface area contributed by atoms with Crippen molar-refractivity contribution in [3.05, 3.63) is 28.7 Å². The van der Waals surface area contributed by atoms with E-state index in [-0.39, 0.29) is 17.3 Å². The van der Waals surface area contributed by atoms with E-state index in [1.165, 1.54) is 22.6 Å². The average Bonchev–Trinajstić information content (AvgIpc) is 2.49. The largest absolute Gasteiger partial charge is 0.355 e. The number of nitrogens with zero attached hydrogens (tertiary/aromatic N) is 2. The lowest BCUT2D eigenvalue weighted by Crippen LogP contribution is -2.34. The molecule has 1 aromatic rings. The standard InChI is InChI=1S/C16H27N3O4S/c1-5-19(6-2)24(22,23)14-7-8-16(21)18(11-14)12-15(20)17-10-9-13(3)4/h7-8,11,13H,5-6,9-10,12H2,1-4H3,(H,17,20). The second-order valence-corrected chi connectivity index (χ2v) is 7.89. The van der Waals surface area contributed by atoms with Gasteiger partial charge in [-0.25, -0.2) is 8.42 Å². The SMILES string of the molecule is CCN(CC)S(=O)(=O)c1ccc(=O)n(CC(=O)NCCC(C)C)c1. The van der Waals surface area contributed by atoms with Crippen LogP contribution in [0.3, 0.4) is 0 Å². The van der Waals surface area contributed by atoms with Crippen molar-refractivity contribution in [1.29, 1.82) is 0 Å². The summed E-state index contributed by atoms with van der Waals surface area (Å²) in [4.78, 5) is 23.8. The lowest BCUT2D eigenvalue weighted by Gasteiger charge is -2.19. The molecule has 0 spiro atoms. The minimum atomic E-state index is -3.66. The van der Waals surface area contributed by atoms with Crippen LogP contribution in [-0.2, 0) is 21.4 Å². The molecule has 0 saturated heterocycles. The van der Waals surface area contributed by atoms with Gasteiger partial charge in [0, 0.05) is 31.9 Å². The van der Waals surface area contributed by atoms with Gasteiger partial charge >= 0.3 is 0 Å². The van der Waals surface area contributed by atoms with Crippen molar-refractivity contribution < 1.29 is 13.2 Å². The maximum atomic E-state index is 12.5. The van der Waals surface area contributed by atoms with Crippen LogP contribution < -0.4 is 10.9 Å². The molecule has 0 fully saturated rings. The van der Waals surface area contributed by atoms with Gasteiger partial charge in [-0.2, -0.15) is 4.31 Å². The second-order valence-electron chi connectivity index (χ2n) is 5.95. The fourth-order valence-electron chi connectivity index (χ4n) is 2.21. The van der Waals surface area contributed by atoms with Crippen LogP contribution in [0, 0.1) is 5.92 Å². The lowest BCUT2D eigenvalue weighted by molar-refractivity contribution is -0.121. The predicted molar refractivity (Wildman–Crippen MR) is 93.3 cm³/mol. The van der Waals surface area contributed by atoms with Gasteiger partial charge in [0.05, 0.1) is 4.90 Å². The molecule has 1 amide bonds. The molecule has 0 aliphatic carbocycles. The number of rotatable bonds is 9. The number of sulfonamides is 1. The molecule has 0 aliphatic heterocycles. The molecule has 1 heterocycles. The highest BCUT2D eigenvalue weighted by molar-refractivity contribution is 7.89. The monoisotopic (exact) mass is 357 g/mol. The van der Waals surface area contributed by atoms with Gasteiger partial charge in [-0.3, -0.25) is 9.59 Å². The second kappa shape index (κ2) is 8.98. The highest BCUT2D eigenvalue weighted by Gasteiger charge is 2.22. The molecule has 7 nitrogen and oxygen atoms in total. The molecule has 0 saturated carbocycles. The molecule has 0 radical (unpaired) electrons. The van der Waals surface area contributed by atoms with Crippen LogP contribution in [0.4, 0.5) is 0 Å². The molecule has 136 valence electrons. The molecule has 0 unspecified atom stereocenters. The number of carbonyl (C=O) groups is 1. The maximum absolute atomic E-state index is 12.5. The van der Waals surface area contributed by atoms with Crippen LogP contribution in [0.5, 0.6) is 0 Å². The Morgan fingerprint density at radius 2 is 1.88 bits per heavy atom. The molecule has 0 atom stereocenters. The Morgan fingerprint density at radius 1 is 1.25 bits per heavy atom. The topological polar surface area (TPSA) is 88.5 Å². The van der Waals surface area contributed by atoms with E-state index in [1.807, 2.05) is 0 Å². The first kappa shape index (κ1) is 20.4. The van der Waals surface area contributed by atoms with Crippen LogP contribution in [0.2, 0.25) is 0 Å². The Balaban J connectivity index is 2.95. The summed E-state index contributed by atoms with van der Waals surface area (Å²) in [5.41, 5.74) is -0.410. The lowest BCUT2D eigenvalue weighted by atomic mass is 10.1. The number of hydrogen-bond acceptors (Lipinski definition) is 4. The molecule has 0 aliphatic rings. The third-order valence-electron chi connectivity index (χ3n) is 3.66. The van der Waals surface area contributed by atoms with Gasteiger partial charge in [-0.15, -0.1) is 0 Å². The highest BCUT2D eigenvalue weighted by atomic mass is 32.2. The van der Waals surface area contributed by atoms with Crippen molar-refractivity contribution in [3.8, 4) is 0 Å². The third kappa shape index (κ3) is 5.45. The number of amides is 1. The first-order chi connectivity index (χ1) is 11.2. The minimum absolute atomic E-state index is 0.0146. The van der Waals surface area contributed by atoms with Crippen LogP contribution in [0.25, 0.3) is 0 Å². The van der Waals surface area contributed by atoms with Crippen LogP contribution in [0.15, 0.2) is 28.0 Å². The Kier molecular flexibility index (Phi) is 7.62. The van der Waals surface area contributed by atoms with Gasteiger partial charge < -0.3 is 9.88 Å². The van der Waals surface area contributed by atoms with Gasteiger partial charge in [-0.05, 0) is 18.4 Å². The number of hydrogen-bond donors (Lipinski definition) is 1. The average molecular weight is 357 g/mol. The third-order valence-corrected chi connectivity index (χ3v) is 5.69. The van der Waals surface area contributed by atoms with Crippen molar-refractivity contribution in [2.24, 2.45) is 5.92 Å². The van der Waals surface area contributed by atoms with E-state index in [1.54, 1.807) is 13.8 Å². The van der Waals surface area contributed by atoms with Crippen molar-refractivity contribution in [2.45, 2.75) is 45.6 Å². The summed E-state index contributed by atoms with van der Waals surface area (Å²) in [6.45, 7) is 8.62. The van der Waals surface area contributed by atoms with Crippen molar-refractivity contribution >= 4 is 15.9 Å². The summed E-state index contributed by atoms with van der Waals surface area (Å²) in [6.07, 6.45) is 2.08. The Hall–Kier alpha value is -1.67. The van der Waals surface area contributed by atoms with E-state index < -0.39 is 15.6 Å². The van der Waals surface area contributed by atoms with Crippen LogP contribution in [-0.4, -0.2) is 42.8 Å². The molecule has 1 N–H and O–H groups in total. The van der Waals surface area contributed by atoms with Crippen LogP contribution in [0.1, 0.15) is 34.1 Å². The number of pyridine rings is 1. The molecular formula is C16H27N3O4S. The summed E-state index contributed by atoms with van der Waals surface area (Å²) < 4.78 is 27.4. The zero-order valence-corrected chi connectivity index (χ0v) is 15.6. The van der Waals surface area contributed by atoms with Crippen molar-refractivity contribution in [2.75, 3.05) is 19.6 Å². The fourth-order valence-corrected chi connectivity index (χ4v) is 3.69. The Morgan fingerprint density at radius 3 is 2.42 bits per heavy atom. The van der Waals surface area contributed by atoms with E-state index in [0.717, 1.165) is 11.0 Å². The summed E-state index contributed by atoms with van der Waals surface area (Å²) >= 11 is 0. The molecule has 0 aromatic carbocycles. The van der Waals surface area contributed by atoms with Gasteiger partial charge in [0.2, 0.25) is 15.9 Å².